The minimum Gasteiger partial charge on any atom is -0.495 e. The predicted molar refractivity (Wildman–Crippen MR) is 70.4 cm³/mol. The zero-order chi connectivity index (χ0) is 14.0. The summed E-state index contributed by atoms with van der Waals surface area (Å²) in [6.45, 7) is 0. The number of para-hydroxylation sites is 1. The van der Waals surface area contributed by atoms with Gasteiger partial charge in [0.15, 0.2) is 5.78 Å². The Hall–Kier alpha value is -2.30. The van der Waals surface area contributed by atoms with Crippen LogP contribution < -0.4 is 4.74 Å². The molecule has 2 aromatic rings. The van der Waals surface area contributed by atoms with E-state index in [0.29, 0.717) is 11.3 Å². The summed E-state index contributed by atoms with van der Waals surface area (Å²) in [6, 6.07) is 5.48. The second-order valence-corrected chi connectivity index (χ2v) is 4.19. The van der Waals surface area contributed by atoms with Crippen LogP contribution in [0.3, 0.4) is 0 Å². The zero-order valence-electron chi connectivity index (χ0n) is 11.1. The molecule has 0 amide bonds. The number of ether oxygens (including phenoxy) is 2. The van der Waals surface area contributed by atoms with Crippen LogP contribution in [0.25, 0.3) is 10.9 Å². The van der Waals surface area contributed by atoms with Crippen LogP contribution in [0.4, 0.5) is 0 Å². The Kier molecular flexibility index (Phi) is 3.55. The summed E-state index contributed by atoms with van der Waals surface area (Å²) in [5, 5.41) is 0.774. The first-order valence-electron chi connectivity index (χ1n) is 5.80. The number of Topliss-reactive ketones (excluding diaryl/α,β-unsaturated/α-hetero) is 1. The van der Waals surface area contributed by atoms with Gasteiger partial charge in [0.25, 0.3) is 0 Å². The molecular weight excluding hydrogens is 246 g/mol. The van der Waals surface area contributed by atoms with E-state index in [1.165, 1.54) is 7.11 Å². The molecule has 0 aliphatic heterocycles. The molecule has 19 heavy (non-hydrogen) atoms. The van der Waals surface area contributed by atoms with Crippen molar-refractivity contribution < 1.29 is 19.1 Å². The lowest BCUT2D eigenvalue weighted by Crippen LogP contribution is -2.09. The van der Waals surface area contributed by atoms with E-state index in [4.69, 9.17) is 4.74 Å². The van der Waals surface area contributed by atoms with Crippen molar-refractivity contribution in [2.45, 2.75) is 6.42 Å². The fourth-order valence-electron chi connectivity index (χ4n) is 2.12. The molecule has 0 aliphatic carbocycles. The van der Waals surface area contributed by atoms with Crippen molar-refractivity contribution in [3.8, 4) is 5.75 Å². The molecule has 100 valence electrons. The number of ketones is 1. The van der Waals surface area contributed by atoms with Gasteiger partial charge in [0, 0.05) is 24.2 Å². The van der Waals surface area contributed by atoms with Crippen LogP contribution in [-0.4, -0.2) is 30.5 Å². The summed E-state index contributed by atoms with van der Waals surface area (Å²) in [4.78, 5) is 23.3. The highest BCUT2D eigenvalue weighted by Crippen LogP contribution is 2.29. The van der Waals surface area contributed by atoms with Gasteiger partial charge in [-0.1, -0.05) is 12.1 Å². The van der Waals surface area contributed by atoms with Gasteiger partial charge in [0.2, 0.25) is 0 Å². The molecule has 0 unspecified atom stereocenters. The lowest BCUT2D eigenvalue weighted by molar-refractivity contribution is -0.139. The minimum absolute atomic E-state index is 0.257. The van der Waals surface area contributed by atoms with E-state index in [9.17, 15) is 9.59 Å². The van der Waals surface area contributed by atoms with Crippen LogP contribution in [0.2, 0.25) is 0 Å². The number of fused-ring (bicyclic) bond motifs is 1. The third kappa shape index (κ3) is 2.31. The standard InChI is InChI=1S/C14H15NO4/c1-15-8-10(11(16)7-13(17)19-3)9-5-4-6-12(18-2)14(9)15/h4-6,8H,7H2,1-3H3. The molecule has 2 rings (SSSR count). The summed E-state index contributed by atoms with van der Waals surface area (Å²) < 4.78 is 11.6. The van der Waals surface area contributed by atoms with Crippen LogP contribution in [0.15, 0.2) is 24.4 Å². The lowest BCUT2D eigenvalue weighted by Gasteiger charge is -2.04. The van der Waals surface area contributed by atoms with Gasteiger partial charge in [-0.3, -0.25) is 9.59 Å². The maximum absolute atomic E-state index is 12.1. The van der Waals surface area contributed by atoms with Crippen molar-refractivity contribution in [3.05, 3.63) is 30.0 Å². The zero-order valence-corrected chi connectivity index (χ0v) is 11.1. The van der Waals surface area contributed by atoms with Gasteiger partial charge < -0.3 is 14.0 Å². The summed E-state index contributed by atoms with van der Waals surface area (Å²) in [7, 11) is 4.68. The molecule has 1 aromatic carbocycles. The van der Waals surface area contributed by atoms with Gasteiger partial charge in [-0.2, -0.15) is 0 Å². The van der Waals surface area contributed by atoms with Gasteiger partial charge in [-0.25, -0.2) is 0 Å². The summed E-state index contributed by atoms with van der Waals surface area (Å²) in [6.07, 6.45) is 1.45. The van der Waals surface area contributed by atoms with Crippen molar-refractivity contribution in [1.29, 1.82) is 0 Å². The highest BCUT2D eigenvalue weighted by Gasteiger charge is 2.18. The monoisotopic (exact) mass is 261 g/mol. The number of hydrogen-bond donors (Lipinski definition) is 0. The lowest BCUT2D eigenvalue weighted by atomic mass is 10.1. The van der Waals surface area contributed by atoms with Crippen molar-refractivity contribution >= 4 is 22.7 Å². The number of rotatable bonds is 4. The van der Waals surface area contributed by atoms with Crippen molar-refractivity contribution in [3.63, 3.8) is 0 Å². The summed E-state index contributed by atoms with van der Waals surface area (Å²) in [5.74, 6) is -0.104. The minimum atomic E-state index is -0.537. The largest absolute Gasteiger partial charge is 0.495 e. The average molecular weight is 261 g/mol. The van der Waals surface area contributed by atoms with Gasteiger partial charge in [-0.15, -0.1) is 0 Å². The maximum atomic E-state index is 12.1. The van der Waals surface area contributed by atoms with E-state index >= 15 is 0 Å². The Morgan fingerprint density at radius 2 is 2.00 bits per heavy atom. The first kappa shape index (κ1) is 13.1. The second kappa shape index (κ2) is 5.14. The van der Waals surface area contributed by atoms with E-state index < -0.39 is 5.97 Å². The molecule has 5 heteroatoms. The number of aryl methyl sites for hydroxylation is 1. The van der Waals surface area contributed by atoms with E-state index in [0.717, 1.165) is 10.9 Å². The van der Waals surface area contributed by atoms with Gasteiger partial charge in [-0.05, 0) is 6.07 Å². The highest BCUT2D eigenvalue weighted by atomic mass is 16.5. The van der Waals surface area contributed by atoms with E-state index in [2.05, 4.69) is 4.74 Å². The van der Waals surface area contributed by atoms with Crippen molar-refractivity contribution in [2.24, 2.45) is 7.05 Å². The van der Waals surface area contributed by atoms with Crippen LogP contribution in [-0.2, 0) is 16.6 Å². The molecule has 0 bridgehead atoms. The predicted octanol–water partition coefficient (Wildman–Crippen LogP) is 1.93. The third-order valence-corrected chi connectivity index (χ3v) is 3.02. The van der Waals surface area contributed by atoms with E-state index in [-0.39, 0.29) is 12.2 Å². The van der Waals surface area contributed by atoms with Crippen molar-refractivity contribution in [2.75, 3.05) is 14.2 Å². The molecule has 0 saturated carbocycles. The average Bonchev–Trinajstić information content (AvgIpc) is 2.76. The summed E-state index contributed by atoms with van der Waals surface area (Å²) >= 11 is 0. The number of methoxy groups -OCH3 is 2. The van der Waals surface area contributed by atoms with Crippen molar-refractivity contribution in [1.82, 2.24) is 4.57 Å². The first-order valence-corrected chi connectivity index (χ1v) is 5.80. The normalized spacial score (nSPS) is 10.5. The smallest absolute Gasteiger partial charge is 0.313 e. The number of carbonyl (C=O) groups is 2. The molecule has 0 atom stereocenters. The van der Waals surface area contributed by atoms with Crippen LogP contribution >= 0.6 is 0 Å². The third-order valence-electron chi connectivity index (χ3n) is 3.02. The molecular formula is C14H15NO4. The van der Waals surface area contributed by atoms with Crippen LogP contribution in [0.5, 0.6) is 5.75 Å². The molecule has 0 radical (unpaired) electrons. The molecule has 5 nitrogen and oxygen atoms in total. The maximum Gasteiger partial charge on any atom is 0.313 e. The molecule has 0 saturated heterocycles. The molecule has 1 aromatic heterocycles. The Morgan fingerprint density at radius 1 is 1.26 bits per heavy atom. The Balaban J connectivity index is 2.51. The highest BCUT2D eigenvalue weighted by molar-refractivity contribution is 6.14. The van der Waals surface area contributed by atoms with Gasteiger partial charge >= 0.3 is 5.97 Å². The molecule has 1 heterocycles. The Labute approximate surface area is 110 Å². The fraction of sp³-hybridized carbons (Fsp3) is 0.286. The fourth-order valence-corrected chi connectivity index (χ4v) is 2.12. The Bertz CT molecular complexity index is 642. The number of carbonyl (C=O) groups excluding carboxylic acids is 2. The number of benzene rings is 1. The number of nitrogens with zero attached hydrogens (tertiary/aromatic N) is 1. The molecule has 0 N–H and O–H groups in total. The van der Waals surface area contributed by atoms with E-state index in [1.807, 2.05) is 29.8 Å². The molecule has 0 spiro atoms. The summed E-state index contributed by atoms with van der Waals surface area (Å²) in [5.41, 5.74) is 1.33. The number of aromatic nitrogens is 1. The topological polar surface area (TPSA) is 57.5 Å². The first-order chi connectivity index (χ1) is 9.08. The van der Waals surface area contributed by atoms with Crippen LogP contribution in [0.1, 0.15) is 16.8 Å². The van der Waals surface area contributed by atoms with Gasteiger partial charge in [0.05, 0.1) is 19.7 Å². The number of hydrogen-bond acceptors (Lipinski definition) is 4. The van der Waals surface area contributed by atoms with E-state index in [1.54, 1.807) is 13.3 Å². The second-order valence-electron chi connectivity index (χ2n) is 4.19. The molecule has 0 aliphatic rings. The van der Waals surface area contributed by atoms with Crippen LogP contribution in [0, 0.1) is 0 Å². The number of esters is 1. The Morgan fingerprint density at radius 3 is 2.63 bits per heavy atom. The quantitative estimate of drug-likeness (QED) is 0.479. The van der Waals surface area contributed by atoms with Gasteiger partial charge in [0.1, 0.15) is 12.2 Å². The SMILES string of the molecule is COC(=O)CC(=O)c1cn(C)c2c(OC)cccc12. The molecule has 0 fully saturated rings.